The van der Waals surface area contributed by atoms with Gasteiger partial charge in [-0.2, -0.15) is 0 Å². The topological polar surface area (TPSA) is 66.9 Å². The molecule has 0 atom stereocenters. The van der Waals surface area contributed by atoms with Crippen molar-refractivity contribution in [2.24, 2.45) is 0 Å². The number of unbranched alkanes of at least 4 members (excludes halogenated alkanes) is 2. The van der Waals surface area contributed by atoms with E-state index < -0.39 is 0 Å². The Morgan fingerprint density at radius 3 is 2.33 bits per heavy atom. The minimum atomic E-state index is -0.204. The number of hydrogen-bond donors (Lipinski definition) is 2. The second-order valence-corrected chi connectivity index (χ2v) is 6.16. The highest BCUT2D eigenvalue weighted by Crippen LogP contribution is 2.17. The molecule has 1 aromatic carbocycles. The Balaban J connectivity index is 1.90. The fraction of sp³-hybridized carbons (Fsp3) is 0.421. The van der Waals surface area contributed by atoms with Crippen molar-refractivity contribution in [2.75, 3.05) is 17.2 Å². The number of nitrogens with zero attached hydrogens (tertiary/aromatic N) is 2. The van der Waals surface area contributed by atoms with E-state index in [0.29, 0.717) is 17.4 Å². The lowest BCUT2D eigenvalue weighted by molar-refractivity contribution is 0.102. The number of carbonyl (C=O) groups excluding carboxylic acids is 1. The van der Waals surface area contributed by atoms with Crippen LogP contribution in [0, 0.1) is 0 Å². The molecule has 1 heterocycles. The summed E-state index contributed by atoms with van der Waals surface area (Å²) in [4.78, 5) is 20.6. The second kappa shape index (κ2) is 9.01. The summed E-state index contributed by atoms with van der Waals surface area (Å²) in [5.74, 6) is 0.828. The van der Waals surface area contributed by atoms with Gasteiger partial charge in [0.2, 0.25) is 5.95 Å². The van der Waals surface area contributed by atoms with Crippen molar-refractivity contribution in [3.63, 3.8) is 0 Å². The van der Waals surface area contributed by atoms with Crippen molar-refractivity contribution in [1.29, 1.82) is 0 Å². The van der Waals surface area contributed by atoms with E-state index in [4.69, 9.17) is 0 Å². The smallest absolute Gasteiger partial charge is 0.258 e. The van der Waals surface area contributed by atoms with Crippen LogP contribution in [-0.2, 0) is 0 Å². The largest absolute Gasteiger partial charge is 0.354 e. The van der Waals surface area contributed by atoms with Crippen LogP contribution in [-0.4, -0.2) is 22.4 Å². The van der Waals surface area contributed by atoms with Crippen molar-refractivity contribution < 1.29 is 4.79 Å². The minimum absolute atomic E-state index is 0.204. The summed E-state index contributed by atoms with van der Waals surface area (Å²) in [7, 11) is 0. The molecule has 0 saturated carbocycles. The van der Waals surface area contributed by atoms with Gasteiger partial charge in [-0.1, -0.05) is 45.7 Å². The quantitative estimate of drug-likeness (QED) is 0.703. The summed E-state index contributed by atoms with van der Waals surface area (Å²) < 4.78 is 0. The zero-order valence-corrected chi connectivity index (χ0v) is 14.7. The Morgan fingerprint density at radius 2 is 1.75 bits per heavy atom. The van der Waals surface area contributed by atoms with Gasteiger partial charge in [-0.05, 0) is 30.0 Å². The molecule has 2 aromatic rings. The Labute approximate surface area is 143 Å². The normalized spacial score (nSPS) is 10.7. The first-order valence-corrected chi connectivity index (χ1v) is 8.57. The summed E-state index contributed by atoms with van der Waals surface area (Å²) in [6.45, 7) is 7.30. The fourth-order valence-electron chi connectivity index (χ4n) is 2.27. The van der Waals surface area contributed by atoms with Crippen molar-refractivity contribution in [3.05, 3.63) is 47.8 Å². The molecule has 0 aliphatic carbocycles. The van der Waals surface area contributed by atoms with Gasteiger partial charge in [0.05, 0.1) is 5.56 Å². The van der Waals surface area contributed by atoms with Crippen LogP contribution in [0.1, 0.15) is 61.9 Å². The first-order chi connectivity index (χ1) is 11.6. The molecule has 0 spiro atoms. The molecular weight excluding hydrogens is 300 g/mol. The van der Waals surface area contributed by atoms with Crippen LogP contribution in [0.3, 0.4) is 0 Å². The maximum Gasteiger partial charge on any atom is 0.258 e. The van der Waals surface area contributed by atoms with Crippen LogP contribution in [0.2, 0.25) is 0 Å². The average Bonchev–Trinajstić information content (AvgIpc) is 2.59. The second-order valence-electron chi connectivity index (χ2n) is 6.16. The maximum absolute atomic E-state index is 12.2. The van der Waals surface area contributed by atoms with Gasteiger partial charge >= 0.3 is 0 Å². The van der Waals surface area contributed by atoms with Gasteiger partial charge in [-0.25, -0.2) is 9.97 Å². The van der Waals surface area contributed by atoms with Gasteiger partial charge in [-0.3, -0.25) is 4.79 Å². The number of benzene rings is 1. The third kappa shape index (κ3) is 5.33. The number of nitrogens with one attached hydrogen (secondary N) is 2. The number of rotatable bonds is 8. The van der Waals surface area contributed by atoms with E-state index in [9.17, 15) is 4.79 Å². The molecule has 5 heteroatoms. The van der Waals surface area contributed by atoms with Gasteiger partial charge in [0.1, 0.15) is 0 Å². The molecule has 1 amide bonds. The fourth-order valence-corrected chi connectivity index (χ4v) is 2.27. The molecule has 5 nitrogen and oxygen atoms in total. The summed E-state index contributed by atoms with van der Waals surface area (Å²) >= 11 is 0. The van der Waals surface area contributed by atoms with Crippen LogP contribution in [0.5, 0.6) is 0 Å². The first kappa shape index (κ1) is 17.9. The van der Waals surface area contributed by atoms with E-state index in [0.717, 1.165) is 18.7 Å². The molecule has 128 valence electrons. The Kier molecular flexibility index (Phi) is 6.73. The molecule has 0 radical (unpaired) electrons. The lowest BCUT2D eigenvalue weighted by atomic mass is 10.0. The Morgan fingerprint density at radius 1 is 1.08 bits per heavy atom. The van der Waals surface area contributed by atoms with Crippen LogP contribution in [0.15, 0.2) is 36.7 Å². The van der Waals surface area contributed by atoms with E-state index in [2.05, 4.69) is 41.4 Å². The molecule has 0 aliphatic heterocycles. The molecule has 2 rings (SSSR count). The molecule has 0 unspecified atom stereocenters. The maximum atomic E-state index is 12.2. The van der Waals surface area contributed by atoms with Gasteiger partial charge in [-0.15, -0.1) is 0 Å². The number of amides is 1. The zero-order valence-electron chi connectivity index (χ0n) is 14.7. The summed E-state index contributed by atoms with van der Waals surface area (Å²) in [5, 5.41) is 6.02. The zero-order chi connectivity index (χ0) is 17.4. The van der Waals surface area contributed by atoms with Crippen molar-refractivity contribution in [1.82, 2.24) is 9.97 Å². The number of hydrogen-bond acceptors (Lipinski definition) is 4. The highest BCUT2D eigenvalue weighted by atomic mass is 16.1. The van der Waals surface area contributed by atoms with E-state index in [-0.39, 0.29) is 5.91 Å². The minimum Gasteiger partial charge on any atom is -0.354 e. The molecule has 1 aromatic heterocycles. The van der Waals surface area contributed by atoms with Crippen LogP contribution < -0.4 is 10.6 Å². The van der Waals surface area contributed by atoms with E-state index in [1.54, 1.807) is 12.4 Å². The summed E-state index contributed by atoms with van der Waals surface area (Å²) in [6.07, 6.45) is 6.55. The highest BCUT2D eigenvalue weighted by molar-refractivity contribution is 6.03. The number of carbonyl (C=O) groups is 1. The molecule has 0 bridgehead atoms. The lowest BCUT2D eigenvalue weighted by Gasteiger charge is -2.09. The monoisotopic (exact) mass is 326 g/mol. The molecule has 0 saturated heterocycles. The number of aromatic nitrogens is 2. The Bertz CT molecular complexity index is 635. The highest BCUT2D eigenvalue weighted by Gasteiger charge is 2.08. The van der Waals surface area contributed by atoms with Gasteiger partial charge < -0.3 is 10.6 Å². The van der Waals surface area contributed by atoms with Gasteiger partial charge in [0.15, 0.2) is 0 Å². The predicted molar refractivity (Wildman–Crippen MR) is 98.5 cm³/mol. The summed E-state index contributed by atoms with van der Waals surface area (Å²) in [6, 6.07) is 7.88. The average molecular weight is 326 g/mol. The van der Waals surface area contributed by atoms with E-state index in [1.807, 2.05) is 24.3 Å². The van der Waals surface area contributed by atoms with Crippen molar-refractivity contribution in [2.45, 2.75) is 46.0 Å². The van der Waals surface area contributed by atoms with Gasteiger partial charge in [0, 0.05) is 24.6 Å². The van der Waals surface area contributed by atoms with Crippen LogP contribution >= 0.6 is 0 Å². The molecule has 2 N–H and O–H groups in total. The predicted octanol–water partition coefficient (Wildman–Crippen LogP) is 4.45. The van der Waals surface area contributed by atoms with Crippen LogP contribution in [0.4, 0.5) is 11.6 Å². The summed E-state index contributed by atoms with van der Waals surface area (Å²) in [5.41, 5.74) is 2.46. The van der Waals surface area contributed by atoms with Gasteiger partial charge in [0.25, 0.3) is 5.91 Å². The third-order valence-electron chi connectivity index (χ3n) is 3.81. The van der Waals surface area contributed by atoms with Crippen molar-refractivity contribution in [3.8, 4) is 0 Å². The molecule has 0 fully saturated rings. The van der Waals surface area contributed by atoms with Crippen LogP contribution in [0.25, 0.3) is 0 Å². The molecular formula is C19H26N4O. The van der Waals surface area contributed by atoms with E-state index >= 15 is 0 Å². The lowest BCUT2D eigenvalue weighted by Crippen LogP contribution is -2.13. The molecule has 24 heavy (non-hydrogen) atoms. The number of anilines is 2. The van der Waals surface area contributed by atoms with E-state index in [1.165, 1.54) is 18.4 Å². The standard InChI is InChI=1S/C19H26N4O/c1-4-5-6-11-20-19-21-12-16(13-22-19)18(24)23-17-9-7-15(8-10-17)14(2)3/h7-10,12-14H,4-6,11H2,1-3H3,(H,23,24)(H,20,21,22). The third-order valence-corrected chi connectivity index (χ3v) is 3.81. The first-order valence-electron chi connectivity index (χ1n) is 8.57. The Hall–Kier alpha value is -2.43. The molecule has 0 aliphatic rings. The SMILES string of the molecule is CCCCCNc1ncc(C(=O)Nc2ccc(C(C)C)cc2)cn1. The van der Waals surface area contributed by atoms with Crippen molar-refractivity contribution >= 4 is 17.5 Å².